The molecule has 0 spiro atoms. The van der Waals surface area contributed by atoms with Gasteiger partial charge in [-0.1, -0.05) is 18.2 Å². The van der Waals surface area contributed by atoms with Crippen LogP contribution in [0.25, 0.3) is 5.69 Å². The van der Waals surface area contributed by atoms with E-state index in [0.717, 1.165) is 22.6 Å². The summed E-state index contributed by atoms with van der Waals surface area (Å²) >= 11 is 0. The van der Waals surface area contributed by atoms with Crippen LogP contribution in [0.3, 0.4) is 0 Å². The van der Waals surface area contributed by atoms with Crippen molar-refractivity contribution in [2.75, 3.05) is 11.9 Å². The van der Waals surface area contributed by atoms with Gasteiger partial charge < -0.3 is 5.32 Å². The van der Waals surface area contributed by atoms with Crippen LogP contribution < -0.4 is 5.32 Å². The third-order valence-electron chi connectivity index (χ3n) is 6.21. The van der Waals surface area contributed by atoms with Crippen molar-refractivity contribution in [3.05, 3.63) is 41.7 Å². The number of nitrogens with one attached hydrogen (secondary N) is 1. The summed E-state index contributed by atoms with van der Waals surface area (Å²) in [7, 11) is 0. The second-order valence-electron chi connectivity index (χ2n) is 7.95. The fraction of sp³-hybridized carbons (Fsp3) is 0.400. The number of hydrogen-bond acceptors (Lipinski definition) is 6. The minimum Gasteiger partial charge on any atom is -0.324 e. The summed E-state index contributed by atoms with van der Waals surface area (Å²) < 4.78 is 1.59. The topological polar surface area (TPSA) is 110 Å². The molecule has 1 saturated heterocycles. The molecule has 1 aromatic carbocycles. The molecule has 2 aromatic rings. The van der Waals surface area contributed by atoms with Crippen molar-refractivity contribution in [3.8, 4) is 5.69 Å². The molecule has 0 radical (unpaired) electrons. The molecular weight excluding hydrogens is 372 g/mol. The molecule has 3 aliphatic rings. The van der Waals surface area contributed by atoms with E-state index in [0.29, 0.717) is 11.5 Å². The minimum absolute atomic E-state index is 0.133. The molecule has 4 unspecified atom stereocenters. The number of tetrazole rings is 1. The highest BCUT2D eigenvalue weighted by Gasteiger charge is 2.59. The summed E-state index contributed by atoms with van der Waals surface area (Å²) in [6.45, 7) is 3.44. The van der Waals surface area contributed by atoms with Crippen molar-refractivity contribution in [3.63, 3.8) is 0 Å². The van der Waals surface area contributed by atoms with Crippen LogP contribution >= 0.6 is 0 Å². The SMILES string of the molecule is Cc1ccc(NC(=O)CN2C(=O)C3C4C=CC(C4)C3C2=O)cc1-n1nnnc1C. The number of hydrogen-bond donors (Lipinski definition) is 1. The lowest BCUT2D eigenvalue weighted by molar-refractivity contribution is -0.143. The van der Waals surface area contributed by atoms with E-state index in [-0.39, 0.29) is 42.0 Å². The van der Waals surface area contributed by atoms with Gasteiger partial charge in [0.1, 0.15) is 6.54 Å². The van der Waals surface area contributed by atoms with Gasteiger partial charge in [0.05, 0.1) is 17.5 Å². The molecule has 1 N–H and O–H groups in total. The largest absolute Gasteiger partial charge is 0.324 e. The Balaban J connectivity index is 1.31. The Morgan fingerprint density at radius 3 is 2.45 bits per heavy atom. The lowest BCUT2D eigenvalue weighted by Gasteiger charge is -2.17. The number of likely N-dealkylation sites (tertiary alicyclic amines) is 1. The number of imide groups is 1. The van der Waals surface area contributed by atoms with Crippen LogP contribution in [-0.4, -0.2) is 49.4 Å². The van der Waals surface area contributed by atoms with E-state index in [2.05, 4.69) is 20.8 Å². The highest BCUT2D eigenvalue weighted by molar-refractivity contribution is 6.09. The van der Waals surface area contributed by atoms with Crippen LogP contribution in [0.1, 0.15) is 17.8 Å². The first-order chi connectivity index (χ1) is 13.9. The van der Waals surface area contributed by atoms with Crippen LogP contribution in [0.2, 0.25) is 0 Å². The summed E-state index contributed by atoms with van der Waals surface area (Å²) in [6.07, 6.45) is 4.94. The molecular formula is C20H20N6O3. The van der Waals surface area contributed by atoms with Crippen molar-refractivity contribution in [2.24, 2.45) is 23.7 Å². The number of fused-ring (bicyclic) bond motifs is 5. The molecule has 9 nitrogen and oxygen atoms in total. The number of nitrogens with zero attached hydrogens (tertiary/aromatic N) is 5. The van der Waals surface area contributed by atoms with Crippen molar-refractivity contribution < 1.29 is 14.4 Å². The molecule has 2 aliphatic carbocycles. The third-order valence-corrected chi connectivity index (χ3v) is 6.21. The van der Waals surface area contributed by atoms with E-state index < -0.39 is 5.91 Å². The Labute approximate surface area is 166 Å². The fourth-order valence-corrected chi connectivity index (χ4v) is 4.83. The van der Waals surface area contributed by atoms with Gasteiger partial charge in [-0.25, -0.2) is 0 Å². The van der Waals surface area contributed by atoms with Crippen molar-refractivity contribution in [1.82, 2.24) is 25.1 Å². The molecule has 2 heterocycles. The second-order valence-corrected chi connectivity index (χ2v) is 7.95. The normalized spacial score (nSPS) is 27.0. The highest BCUT2D eigenvalue weighted by Crippen LogP contribution is 2.52. The van der Waals surface area contributed by atoms with Crippen LogP contribution in [-0.2, 0) is 14.4 Å². The number of aryl methyl sites for hydroxylation is 2. The van der Waals surface area contributed by atoms with Gasteiger partial charge in [-0.05, 0) is 60.2 Å². The molecule has 1 saturated carbocycles. The van der Waals surface area contributed by atoms with Gasteiger partial charge in [-0.2, -0.15) is 4.68 Å². The number of rotatable bonds is 4. The molecule has 3 amide bonds. The monoisotopic (exact) mass is 392 g/mol. The summed E-state index contributed by atoms with van der Waals surface area (Å²) in [4.78, 5) is 39.2. The van der Waals surface area contributed by atoms with Crippen LogP contribution in [0.4, 0.5) is 5.69 Å². The molecule has 4 atom stereocenters. The quantitative estimate of drug-likeness (QED) is 0.615. The summed E-state index contributed by atoms with van der Waals surface area (Å²) in [6, 6.07) is 5.39. The average Bonchev–Trinajstić information content (AvgIpc) is 3.45. The van der Waals surface area contributed by atoms with Crippen molar-refractivity contribution in [2.45, 2.75) is 20.3 Å². The number of aromatic nitrogens is 4. The Bertz CT molecular complexity index is 1040. The number of allylic oxidation sites excluding steroid dienone is 2. The third kappa shape index (κ3) is 2.68. The lowest BCUT2D eigenvalue weighted by Crippen LogP contribution is -2.39. The van der Waals surface area contributed by atoms with Gasteiger partial charge in [0.2, 0.25) is 17.7 Å². The van der Waals surface area contributed by atoms with E-state index in [1.807, 2.05) is 25.1 Å². The summed E-state index contributed by atoms with van der Waals surface area (Å²) in [5.41, 5.74) is 2.24. The molecule has 1 aromatic heterocycles. The second kappa shape index (κ2) is 6.33. The molecule has 2 fully saturated rings. The maximum absolute atomic E-state index is 12.7. The van der Waals surface area contributed by atoms with Crippen molar-refractivity contribution in [1.29, 1.82) is 0 Å². The fourth-order valence-electron chi connectivity index (χ4n) is 4.83. The predicted octanol–water partition coefficient (Wildman–Crippen LogP) is 1.02. The predicted molar refractivity (Wildman–Crippen MR) is 102 cm³/mol. The van der Waals surface area contributed by atoms with Crippen LogP contribution in [0, 0.1) is 37.5 Å². The number of carbonyl (C=O) groups is 3. The molecule has 29 heavy (non-hydrogen) atoms. The van der Waals surface area contributed by atoms with E-state index >= 15 is 0 Å². The Morgan fingerprint density at radius 2 is 1.83 bits per heavy atom. The van der Waals surface area contributed by atoms with Gasteiger partial charge >= 0.3 is 0 Å². The number of benzene rings is 1. The van der Waals surface area contributed by atoms with E-state index in [1.54, 1.807) is 23.7 Å². The van der Waals surface area contributed by atoms with Crippen LogP contribution in [0.15, 0.2) is 30.4 Å². The van der Waals surface area contributed by atoms with E-state index in [1.165, 1.54) is 0 Å². The Kier molecular flexibility index (Phi) is 3.87. The minimum atomic E-state index is -0.407. The Hall–Kier alpha value is -3.36. The zero-order valence-electron chi connectivity index (χ0n) is 16.1. The van der Waals surface area contributed by atoms with Gasteiger partial charge in [0, 0.05) is 5.69 Å². The van der Waals surface area contributed by atoms with Gasteiger partial charge in [0.15, 0.2) is 5.82 Å². The first-order valence-electron chi connectivity index (χ1n) is 9.63. The van der Waals surface area contributed by atoms with Gasteiger partial charge in [-0.3, -0.25) is 19.3 Å². The first kappa shape index (κ1) is 17.7. The molecule has 148 valence electrons. The lowest BCUT2D eigenvalue weighted by atomic mass is 9.85. The molecule has 1 aliphatic heterocycles. The smallest absolute Gasteiger partial charge is 0.244 e. The van der Waals surface area contributed by atoms with Gasteiger partial charge in [0.25, 0.3) is 0 Å². The van der Waals surface area contributed by atoms with Crippen molar-refractivity contribution >= 4 is 23.4 Å². The Morgan fingerprint density at radius 1 is 1.14 bits per heavy atom. The van der Waals surface area contributed by atoms with Crippen LogP contribution in [0.5, 0.6) is 0 Å². The number of amides is 3. The average molecular weight is 392 g/mol. The zero-order chi connectivity index (χ0) is 20.3. The highest BCUT2D eigenvalue weighted by atomic mass is 16.2. The zero-order valence-corrected chi connectivity index (χ0v) is 16.1. The number of anilines is 1. The summed E-state index contributed by atoms with van der Waals surface area (Å²) in [5, 5.41) is 14.3. The molecule has 9 heteroatoms. The standard InChI is InChI=1S/C20H20N6O3/c1-10-3-6-14(8-15(10)26-11(2)22-23-24-26)21-16(27)9-25-19(28)17-12-4-5-13(7-12)18(17)20(25)29/h3-6,8,12-13,17-18H,7,9H2,1-2H3,(H,21,27). The maximum atomic E-state index is 12.7. The summed E-state index contributed by atoms with van der Waals surface area (Å²) in [5.74, 6) is -0.544. The van der Waals surface area contributed by atoms with Gasteiger partial charge in [-0.15, -0.1) is 5.10 Å². The maximum Gasteiger partial charge on any atom is 0.244 e. The molecule has 5 rings (SSSR count). The number of carbonyl (C=O) groups excluding carboxylic acids is 3. The first-order valence-corrected chi connectivity index (χ1v) is 9.63. The van der Waals surface area contributed by atoms with E-state index in [4.69, 9.17) is 0 Å². The van der Waals surface area contributed by atoms with E-state index in [9.17, 15) is 14.4 Å². The molecule has 2 bridgehead atoms.